The molecule has 0 aromatic heterocycles. The molecular formula is C16H27NO3. The van der Waals surface area contributed by atoms with Gasteiger partial charge in [0.15, 0.2) is 0 Å². The van der Waals surface area contributed by atoms with Crippen LogP contribution in [0.5, 0.6) is 0 Å². The van der Waals surface area contributed by atoms with Gasteiger partial charge in [-0.2, -0.15) is 0 Å². The van der Waals surface area contributed by atoms with Crippen molar-refractivity contribution in [3.05, 3.63) is 12.7 Å². The van der Waals surface area contributed by atoms with Gasteiger partial charge in [0.2, 0.25) is 5.91 Å². The van der Waals surface area contributed by atoms with Gasteiger partial charge in [0.1, 0.15) is 0 Å². The summed E-state index contributed by atoms with van der Waals surface area (Å²) in [4.78, 5) is 25.5. The molecule has 0 aliphatic heterocycles. The first-order valence-corrected chi connectivity index (χ1v) is 7.33. The van der Waals surface area contributed by atoms with Crippen LogP contribution >= 0.6 is 0 Å². The van der Waals surface area contributed by atoms with Crippen molar-refractivity contribution in [2.75, 3.05) is 6.54 Å². The topological polar surface area (TPSA) is 57.6 Å². The molecule has 0 unspecified atom stereocenters. The van der Waals surface area contributed by atoms with Crippen molar-refractivity contribution < 1.29 is 14.7 Å². The molecule has 0 aromatic carbocycles. The van der Waals surface area contributed by atoms with Crippen LogP contribution in [-0.4, -0.2) is 34.0 Å². The fourth-order valence-corrected chi connectivity index (χ4v) is 3.16. The molecule has 4 nitrogen and oxygen atoms in total. The van der Waals surface area contributed by atoms with E-state index in [1.165, 1.54) is 0 Å². The van der Waals surface area contributed by atoms with E-state index in [1.807, 2.05) is 20.8 Å². The zero-order chi connectivity index (χ0) is 15.4. The monoisotopic (exact) mass is 281 g/mol. The summed E-state index contributed by atoms with van der Waals surface area (Å²) < 4.78 is 0. The highest BCUT2D eigenvalue weighted by Gasteiger charge is 2.40. The fourth-order valence-electron chi connectivity index (χ4n) is 3.16. The molecule has 0 atom stereocenters. The maximum atomic E-state index is 12.6. The fraction of sp³-hybridized carbons (Fsp3) is 0.750. The first kappa shape index (κ1) is 16.7. The number of amides is 1. The number of carboxylic acids is 1. The van der Waals surface area contributed by atoms with Crippen LogP contribution in [-0.2, 0) is 9.59 Å². The second-order valence-corrected chi connectivity index (χ2v) is 6.92. The lowest BCUT2D eigenvalue weighted by atomic mass is 9.79. The first-order chi connectivity index (χ1) is 9.20. The molecule has 0 radical (unpaired) electrons. The van der Waals surface area contributed by atoms with Gasteiger partial charge in [-0.1, -0.05) is 18.9 Å². The average Bonchev–Trinajstić information content (AvgIpc) is 2.71. The Morgan fingerprint density at radius 2 is 1.80 bits per heavy atom. The van der Waals surface area contributed by atoms with Crippen LogP contribution in [0.15, 0.2) is 12.7 Å². The number of nitrogens with zero attached hydrogens (tertiary/aromatic N) is 1. The molecular weight excluding hydrogens is 254 g/mol. The highest BCUT2D eigenvalue weighted by atomic mass is 16.4. The number of hydrogen-bond acceptors (Lipinski definition) is 2. The van der Waals surface area contributed by atoms with Crippen molar-refractivity contribution in [2.24, 2.45) is 5.41 Å². The minimum atomic E-state index is -0.800. The second kappa shape index (κ2) is 6.42. The third kappa shape index (κ3) is 4.36. The lowest BCUT2D eigenvalue weighted by Crippen LogP contribution is -2.47. The largest absolute Gasteiger partial charge is 0.481 e. The van der Waals surface area contributed by atoms with Gasteiger partial charge in [0.05, 0.1) is 6.42 Å². The molecule has 1 amide bonds. The van der Waals surface area contributed by atoms with Gasteiger partial charge >= 0.3 is 5.97 Å². The minimum absolute atomic E-state index is 0.0422. The number of hydrogen-bond donors (Lipinski definition) is 1. The predicted octanol–water partition coefficient (Wildman–Crippen LogP) is 3.22. The minimum Gasteiger partial charge on any atom is -0.481 e. The summed E-state index contributed by atoms with van der Waals surface area (Å²) in [5.41, 5.74) is -0.609. The Hall–Kier alpha value is -1.32. The maximum Gasteiger partial charge on any atom is 0.303 e. The molecule has 114 valence electrons. The summed E-state index contributed by atoms with van der Waals surface area (Å²) in [5.74, 6) is -0.758. The van der Waals surface area contributed by atoms with Crippen molar-refractivity contribution >= 4 is 11.9 Å². The van der Waals surface area contributed by atoms with Gasteiger partial charge in [-0.05, 0) is 39.0 Å². The molecule has 0 aromatic rings. The van der Waals surface area contributed by atoms with Crippen molar-refractivity contribution in [2.45, 2.75) is 64.8 Å². The van der Waals surface area contributed by atoms with Gasteiger partial charge in [-0.25, -0.2) is 0 Å². The summed E-state index contributed by atoms with van der Waals surface area (Å²) in [6.07, 6.45) is 5.90. The van der Waals surface area contributed by atoms with Crippen molar-refractivity contribution in [1.29, 1.82) is 0 Å². The van der Waals surface area contributed by atoms with Gasteiger partial charge in [-0.3, -0.25) is 9.59 Å². The standard InChI is InChI=1S/C16H27NO3/c1-5-10-17(15(2,3)4)13(18)11-16(12-14(19)20)8-6-7-9-16/h5H,1,6-12H2,2-4H3,(H,19,20). The molecule has 1 aliphatic carbocycles. The first-order valence-electron chi connectivity index (χ1n) is 7.33. The summed E-state index contributed by atoms with van der Waals surface area (Å²) in [6.45, 7) is 10.2. The normalized spacial score (nSPS) is 17.8. The smallest absolute Gasteiger partial charge is 0.303 e. The molecule has 1 saturated carbocycles. The van der Waals surface area contributed by atoms with Crippen LogP contribution < -0.4 is 0 Å². The zero-order valence-electron chi connectivity index (χ0n) is 12.9. The Morgan fingerprint density at radius 1 is 1.25 bits per heavy atom. The number of aliphatic carboxylic acids is 1. The molecule has 0 heterocycles. The second-order valence-electron chi connectivity index (χ2n) is 6.92. The van der Waals surface area contributed by atoms with Gasteiger partial charge in [0.25, 0.3) is 0 Å². The lowest BCUT2D eigenvalue weighted by Gasteiger charge is -2.38. The maximum absolute atomic E-state index is 12.6. The molecule has 0 spiro atoms. The van der Waals surface area contributed by atoms with Gasteiger partial charge in [0, 0.05) is 18.5 Å². The third-order valence-electron chi connectivity index (χ3n) is 4.14. The lowest BCUT2D eigenvalue weighted by molar-refractivity contribution is -0.142. The highest BCUT2D eigenvalue weighted by molar-refractivity contribution is 5.79. The average molecular weight is 281 g/mol. The molecule has 1 N–H and O–H groups in total. The van der Waals surface area contributed by atoms with Crippen molar-refractivity contribution in [1.82, 2.24) is 4.90 Å². The van der Waals surface area contributed by atoms with E-state index in [9.17, 15) is 9.59 Å². The predicted molar refractivity (Wildman–Crippen MR) is 79.4 cm³/mol. The van der Waals surface area contributed by atoms with E-state index < -0.39 is 5.97 Å². The van der Waals surface area contributed by atoms with Crippen LogP contribution in [0, 0.1) is 5.41 Å². The Kier molecular flexibility index (Phi) is 5.37. The van der Waals surface area contributed by atoms with E-state index in [1.54, 1.807) is 11.0 Å². The quantitative estimate of drug-likeness (QED) is 0.760. The van der Waals surface area contributed by atoms with Crippen molar-refractivity contribution in [3.8, 4) is 0 Å². The Balaban J connectivity index is 2.84. The van der Waals surface area contributed by atoms with Crippen LogP contribution in [0.2, 0.25) is 0 Å². The molecule has 0 saturated heterocycles. The van der Waals surface area contributed by atoms with E-state index in [-0.39, 0.29) is 23.3 Å². The van der Waals surface area contributed by atoms with Crippen molar-refractivity contribution in [3.63, 3.8) is 0 Å². The Morgan fingerprint density at radius 3 is 2.20 bits per heavy atom. The molecule has 1 rings (SSSR count). The number of carbonyl (C=O) groups is 2. The Bertz CT molecular complexity index is 376. The van der Waals surface area contributed by atoms with Crippen LogP contribution in [0.3, 0.4) is 0 Å². The SMILES string of the molecule is C=CCN(C(=O)CC1(CC(=O)O)CCCC1)C(C)(C)C. The molecule has 4 heteroatoms. The van der Waals surface area contributed by atoms with Crippen LogP contribution in [0.4, 0.5) is 0 Å². The number of rotatable bonds is 6. The summed E-state index contributed by atoms with van der Waals surface area (Å²) >= 11 is 0. The molecule has 0 bridgehead atoms. The van der Waals surface area contributed by atoms with E-state index in [0.717, 1.165) is 25.7 Å². The van der Waals surface area contributed by atoms with E-state index >= 15 is 0 Å². The van der Waals surface area contributed by atoms with E-state index in [0.29, 0.717) is 13.0 Å². The van der Waals surface area contributed by atoms with E-state index in [4.69, 9.17) is 5.11 Å². The summed E-state index contributed by atoms with van der Waals surface area (Å²) in [6, 6.07) is 0. The third-order valence-corrected chi connectivity index (χ3v) is 4.14. The molecule has 20 heavy (non-hydrogen) atoms. The molecule has 1 aliphatic rings. The molecule has 1 fully saturated rings. The number of carboxylic acid groups (broad SMARTS) is 1. The zero-order valence-corrected chi connectivity index (χ0v) is 12.9. The van der Waals surface area contributed by atoms with Crippen LogP contribution in [0.1, 0.15) is 59.3 Å². The summed E-state index contributed by atoms with van der Waals surface area (Å²) in [5, 5.41) is 9.11. The Labute approximate surface area is 121 Å². The van der Waals surface area contributed by atoms with Gasteiger partial charge in [-0.15, -0.1) is 6.58 Å². The van der Waals surface area contributed by atoms with E-state index in [2.05, 4.69) is 6.58 Å². The van der Waals surface area contributed by atoms with Gasteiger partial charge < -0.3 is 10.0 Å². The summed E-state index contributed by atoms with van der Waals surface area (Å²) in [7, 11) is 0. The van der Waals surface area contributed by atoms with Crippen LogP contribution in [0.25, 0.3) is 0 Å². The number of carbonyl (C=O) groups excluding carboxylic acids is 1. The highest BCUT2D eigenvalue weighted by Crippen LogP contribution is 2.44.